The average molecular weight is 397 g/mol. The minimum atomic E-state index is -4.72. The fourth-order valence-electron chi connectivity index (χ4n) is 3.16. The van der Waals surface area contributed by atoms with Gasteiger partial charge in [0, 0.05) is 23.1 Å². The van der Waals surface area contributed by atoms with E-state index in [-0.39, 0.29) is 5.56 Å². The quantitative estimate of drug-likeness (QED) is 0.433. The zero-order valence-electron chi connectivity index (χ0n) is 15.0. The van der Waals surface area contributed by atoms with Crippen LogP contribution in [0.3, 0.4) is 0 Å². The molecule has 0 spiro atoms. The van der Waals surface area contributed by atoms with Gasteiger partial charge in [0.15, 0.2) is 0 Å². The average Bonchev–Trinajstić information content (AvgIpc) is 2.63. The first-order valence-corrected chi connectivity index (χ1v) is 8.74. The van der Waals surface area contributed by atoms with E-state index >= 15 is 0 Å². The van der Waals surface area contributed by atoms with Crippen LogP contribution < -0.4 is 0 Å². The van der Waals surface area contributed by atoms with Gasteiger partial charge in [0.1, 0.15) is 0 Å². The lowest BCUT2D eigenvalue weighted by molar-refractivity contribution is -0.141. The number of aromatic nitrogens is 1. The third-order valence-corrected chi connectivity index (χ3v) is 4.52. The highest BCUT2D eigenvalue weighted by Crippen LogP contribution is 2.37. The van der Waals surface area contributed by atoms with Crippen LogP contribution in [0.4, 0.5) is 26.3 Å². The van der Waals surface area contributed by atoms with E-state index in [0.717, 1.165) is 22.5 Å². The van der Waals surface area contributed by atoms with E-state index in [1.807, 2.05) is 25.1 Å². The van der Waals surface area contributed by atoms with Crippen LogP contribution in [0.25, 0.3) is 22.0 Å². The fraction of sp³-hybridized carbons (Fsp3) is 0.286. The Hall–Kier alpha value is -2.57. The van der Waals surface area contributed by atoms with E-state index in [1.165, 1.54) is 12.1 Å². The van der Waals surface area contributed by atoms with Gasteiger partial charge >= 0.3 is 12.4 Å². The highest BCUT2D eigenvalue weighted by molar-refractivity contribution is 5.95. The van der Waals surface area contributed by atoms with Crippen LogP contribution >= 0.6 is 0 Å². The number of pyridine rings is 1. The zero-order valence-corrected chi connectivity index (χ0v) is 15.0. The largest absolute Gasteiger partial charge is 0.416 e. The van der Waals surface area contributed by atoms with Gasteiger partial charge in [-0.2, -0.15) is 26.3 Å². The van der Waals surface area contributed by atoms with Crippen molar-refractivity contribution in [2.24, 2.45) is 0 Å². The predicted molar refractivity (Wildman–Crippen MR) is 95.9 cm³/mol. The van der Waals surface area contributed by atoms with E-state index < -0.39 is 30.8 Å². The number of nitrogens with zero attached hydrogens (tertiary/aromatic N) is 1. The van der Waals surface area contributed by atoms with Crippen molar-refractivity contribution in [1.82, 2.24) is 4.98 Å². The molecule has 148 valence electrons. The van der Waals surface area contributed by atoms with Crippen molar-refractivity contribution in [2.75, 3.05) is 0 Å². The van der Waals surface area contributed by atoms with E-state index in [4.69, 9.17) is 0 Å². The number of hydrogen-bond acceptors (Lipinski definition) is 1. The lowest BCUT2D eigenvalue weighted by Crippen LogP contribution is -2.13. The Labute approximate surface area is 158 Å². The lowest BCUT2D eigenvalue weighted by Gasteiger charge is -2.16. The van der Waals surface area contributed by atoms with Crippen LogP contribution in [0.15, 0.2) is 48.5 Å². The Balaban J connectivity index is 2.16. The van der Waals surface area contributed by atoms with Gasteiger partial charge in [-0.3, -0.25) is 4.98 Å². The molecule has 0 unspecified atom stereocenters. The molecule has 0 amide bonds. The van der Waals surface area contributed by atoms with Gasteiger partial charge in [0.2, 0.25) is 0 Å². The third kappa shape index (κ3) is 4.46. The molecule has 1 nitrogen and oxygen atoms in total. The maximum atomic E-state index is 13.3. The molecular weight excluding hydrogens is 380 g/mol. The summed E-state index contributed by atoms with van der Waals surface area (Å²) in [5.41, 5.74) is 0.172. The van der Waals surface area contributed by atoms with Crippen LogP contribution in [0.2, 0.25) is 0 Å². The van der Waals surface area contributed by atoms with Gasteiger partial charge in [0.05, 0.1) is 11.3 Å². The Morgan fingerprint density at radius 2 is 1.61 bits per heavy atom. The van der Waals surface area contributed by atoms with Gasteiger partial charge in [0.25, 0.3) is 0 Å². The summed E-state index contributed by atoms with van der Waals surface area (Å²) in [6.45, 7) is 1.91. The van der Waals surface area contributed by atoms with Gasteiger partial charge in [-0.05, 0) is 42.0 Å². The minimum Gasteiger partial charge on any atom is -0.252 e. The number of alkyl halides is 6. The molecule has 0 N–H and O–H groups in total. The van der Waals surface area contributed by atoms with Crippen molar-refractivity contribution in [3.05, 3.63) is 65.4 Å². The predicted octanol–water partition coefficient (Wildman–Crippen LogP) is 6.98. The van der Waals surface area contributed by atoms with Crippen molar-refractivity contribution >= 4 is 10.8 Å². The Kier molecular flexibility index (Phi) is 5.37. The lowest BCUT2D eigenvalue weighted by atomic mass is 9.95. The molecule has 0 saturated carbocycles. The summed E-state index contributed by atoms with van der Waals surface area (Å²) >= 11 is 0. The van der Waals surface area contributed by atoms with Crippen molar-refractivity contribution in [2.45, 2.75) is 38.5 Å². The summed E-state index contributed by atoms with van der Waals surface area (Å²) in [6.07, 6.45) is -10.7. The van der Waals surface area contributed by atoms with Crippen LogP contribution in [0.1, 0.15) is 30.2 Å². The standard InChI is InChI=1S/C21H17F6N/c1-2-16-12-13-5-3-4-6-17(13)19(28-16)15-7-8-18(21(25,26)27)14(11-15)9-10-20(22,23)24/h3-8,11-12H,2,9-10H2,1H3. The van der Waals surface area contributed by atoms with Crippen molar-refractivity contribution in [3.63, 3.8) is 0 Å². The molecule has 0 aliphatic carbocycles. The summed E-state index contributed by atoms with van der Waals surface area (Å²) in [5, 5.41) is 1.61. The van der Waals surface area contributed by atoms with Crippen molar-refractivity contribution < 1.29 is 26.3 Å². The molecule has 0 radical (unpaired) electrons. The summed E-state index contributed by atoms with van der Waals surface area (Å²) in [7, 11) is 0. The van der Waals surface area contributed by atoms with Gasteiger partial charge in [-0.15, -0.1) is 0 Å². The summed E-state index contributed by atoms with van der Waals surface area (Å²) in [5.74, 6) is 0. The van der Waals surface area contributed by atoms with E-state index in [1.54, 1.807) is 12.1 Å². The molecule has 2 aromatic carbocycles. The van der Waals surface area contributed by atoms with Gasteiger partial charge < -0.3 is 0 Å². The molecule has 0 fully saturated rings. The second-order valence-corrected chi connectivity index (χ2v) is 6.52. The highest BCUT2D eigenvalue weighted by atomic mass is 19.4. The summed E-state index contributed by atoms with van der Waals surface area (Å²) in [4.78, 5) is 4.53. The molecule has 28 heavy (non-hydrogen) atoms. The third-order valence-electron chi connectivity index (χ3n) is 4.52. The molecule has 1 heterocycles. The Morgan fingerprint density at radius 1 is 0.893 bits per heavy atom. The highest BCUT2D eigenvalue weighted by Gasteiger charge is 2.35. The number of hydrogen-bond donors (Lipinski definition) is 0. The van der Waals surface area contributed by atoms with E-state index in [2.05, 4.69) is 4.98 Å². The number of aryl methyl sites for hydroxylation is 2. The summed E-state index contributed by atoms with van der Waals surface area (Å²) in [6, 6.07) is 12.5. The van der Waals surface area contributed by atoms with Crippen LogP contribution in [-0.4, -0.2) is 11.2 Å². The Bertz CT molecular complexity index is 988. The molecule has 0 aliphatic rings. The summed E-state index contributed by atoms with van der Waals surface area (Å²) < 4.78 is 77.7. The Morgan fingerprint density at radius 3 is 2.25 bits per heavy atom. The molecule has 0 atom stereocenters. The molecule has 1 aromatic heterocycles. The minimum absolute atomic E-state index is 0.372. The van der Waals surface area contributed by atoms with Crippen molar-refractivity contribution in [1.29, 1.82) is 0 Å². The fourth-order valence-corrected chi connectivity index (χ4v) is 3.16. The van der Waals surface area contributed by atoms with Crippen molar-refractivity contribution in [3.8, 4) is 11.3 Å². The molecule has 7 heteroatoms. The van der Waals surface area contributed by atoms with E-state index in [0.29, 0.717) is 17.7 Å². The number of fused-ring (bicyclic) bond motifs is 1. The topological polar surface area (TPSA) is 12.9 Å². The normalized spacial score (nSPS) is 12.5. The molecular formula is C21H17F6N. The SMILES string of the molecule is CCc1cc2ccccc2c(-c2ccc(C(F)(F)F)c(CCC(F)(F)F)c2)n1. The second-order valence-electron chi connectivity index (χ2n) is 6.52. The molecule has 3 rings (SSSR count). The second kappa shape index (κ2) is 7.45. The zero-order chi connectivity index (χ0) is 20.5. The number of rotatable bonds is 4. The first-order valence-electron chi connectivity index (χ1n) is 8.74. The molecule has 3 aromatic rings. The molecule has 0 bridgehead atoms. The van der Waals surface area contributed by atoms with Gasteiger partial charge in [-0.1, -0.05) is 37.3 Å². The maximum Gasteiger partial charge on any atom is 0.416 e. The van der Waals surface area contributed by atoms with E-state index in [9.17, 15) is 26.3 Å². The number of benzene rings is 2. The first-order chi connectivity index (χ1) is 13.1. The molecule has 0 saturated heterocycles. The monoisotopic (exact) mass is 397 g/mol. The van der Waals surface area contributed by atoms with Crippen LogP contribution in [0, 0.1) is 0 Å². The van der Waals surface area contributed by atoms with Crippen LogP contribution in [0.5, 0.6) is 0 Å². The first kappa shape index (κ1) is 20.2. The van der Waals surface area contributed by atoms with Crippen LogP contribution in [-0.2, 0) is 19.0 Å². The maximum absolute atomic E-state index is 13.3. The smallest absolute Gasteiger partial charge is 0.252 e. The van der Waals surface area contributed by atoms with Gasteiger partial charge in [-0.25, -0.2) is 0 Å². The molecule has 0 aliphatic heterocycles. The number of halogens is 6.